The molecule has 2 N–H and O–H groups in total. The number of anilines is 2. The van der Waals surface area contributed by atoms with Gasteiger partial charge in [0, 0.05) is 23.8 Å². The normalized spacial score (nSPS) is 26.4. The lowest BCUT2D eigenvalue weighted by Gasteiger charge is -2.25. The first-order valence-corrected chi connectivity index (χ1v) is 6.54. The highest BCUT2D eigenvalue weighted by molar-refractivity contribution is 6.33. The Morgan fingerprint density at radius 1 is 1.50 bits per heavy atom. The summed E-state index contributed by atoms with van der Waals surface area (Å²) < 4.78 is 0. The van der Waals surface area contributed by atoms with Crippen LogP contribution in [0.2, 0.25) is 5.02 Å². The van der Waals surface area contributed by atoms with Crippen LogP contribution in [0.4, 0.5) is 11.4 Å². The van der Waals surface area contributed by atoms with Gasteiger partial charge in [0.1, 0.15) is 0 Å². The van der Waals surface area contributed by atoms with Gasteiger partial charge in [-0.1, -0.05) is 11.6 Å². The van der Waals surface area contributed by atoms with Gasteiger partial charge in [-0.05, 0) is 31.9 Å². The van der Waals surface area contributed by atoms with E-state index in [2.05, 4.69) is 17.1 Å². The van der Waals surface area contributed by atoms with E-state index in [0.717, 1.165) is 25.1 Å². The van der Waals surface area contributed by atoms with Gasteiger partial charge in [-0.15, -0.1) is 0 Å². The summed E-state index contributed by atoms with van der Waals surface area (Å²) in [5.74, 6) is -0.382. The molecule has 1 saturated heterocycles. The number of nitrogens with one attached hydrogen (secondary N) is 1. The SMILES string of the molecule is CC1CCCN1c1cc2c(cc1Cl)C(O)C(=O)N2. The molecule has 5 heteroatoms. The van der Waals surface area contributed by atoms with Crippen LogP contribution in [-0.4, -0.2) is 23.6 Å². The topological polar surface area (TPSA) is 52.6 Å². The van der Waals surface area contributed by atoms with Gasteiger partial charge in [0.05, 0.1) is 10.7 Å². The van der Waals surface area contributed by atoms with E-state index >= 15 is 0 Å². The van der Waals surface area contributed by atoms with Gasteiger partial charge in [-0.2, -0.15) is 0 Å². The van der Waals surface area contributed by atoms with Crippen LogP contribution in [0.25, 0.3) is 0 Å². The van der Waals surface area contributed by atoms with Crippen molar-refractivity contribution in [2.75, 3.05) is 16.8 Å². The summed E-state index contributed by atoms with van der Waals surface area (Å²) in [6.07, 6.45) is 1.22. The van der Waals surface area contributed by atoms with Crippen molar-refractivity contribution >= 4 is 28.9 Å². The molecule has 3 rings (SSSR count). The average molecular weight is 267 g/mol. The third-order valence-electron chi connectivity index (χ3n) is 3.78. The minimum atomic E-state index is -1.09. The maximum absolute atomic E-state index is 11.4. The quantitative estimate of drug-likeness (QED) is 0.820. The van der Waals surface area contributed by atoms with Gasteiger partial charge in [0.2, 0.25) is 0 Å². The van der Waals surface area contributed by atoms with E-state index in [1.54, 1.807) is 6.07 Å². The van der Waals surface area contributed by atoms with Crippen LogP contribution in [0.3, 0.4) is 0 Å². The molecule has 0 aromatic heterocycles. The molecule has 1 amide bonds. The Balaban J connectivity index is 2.03. The van der Waals surface area contributed by atoms with Crippen molar-refractivity contribution in [1.29, 1.82) is 0 Å². The van der Waals surface area contributed by atoms with Crippen LogP contribution in [-0.2, 0) is 4.79 Å². The number of halogens is 1. The number of nitrogens with zero attached hydrogens (tertiary/aromatic N) is 1. The number of carbonyl (C=O) groups is 1. The summed E-state index contributed by atoms with van der Waals surface area (Å²) in [6.45, 7) is 3.15. The van der Waals surface area contributed by atoms with Crippen LogP contribution in [0.5, 0.6) is 0 Å². The van der Waals surface area contributed by atoms with E-state index in [1.807, 2.05) is 6.07 Å². The molecule has 96 valence electrons. The van der Waals surface area contributed by atoms with Crippen LogP contribution in [0.15, 0.2) is 12.1 Å². The number of aliphatic hydroxyl groups excluding tert-OH is 1. The zero-order chi connectivity index (χ0) is 12.9. The van der Waals surface area contributed by atoms with Crippen molar-refractivity contribution in [2.45, 2.75) is 31.9 Å². The maximum atomic E-state index is 11.4. The average Bonchev–Trinajstić information content (AvgIpc) is 2.86. The van der Waals surface area contributed by atoms with Crippen LogP contribution in [0.1, 0.15) is 31.4 Å². The molecular weight excluding hydrogens is 252 g/mol. The molecule has 4 nitrogen and oxygen atoms in total. The molecule has 2 unspecified atom stereocenters. The lowest BCUT2D eigenvalue weighted by Crippen LogP contribution is -2.26. The summed E-state index contributed by atoms with van der Waals surface area (Å²) in [6, 6.07) is 4.02. The number of aliphatic hydroxyl groups is 1. The lowest BCUT2D eigenvalue weighted by atomic mass is 10.1. The number of fused-ring (bicyclic) bond motifs is 1. The number of hydrogen-bond donors (Lipinski definition) is 2. The lowest BCUT2D eigenvalue weighted by molar-refractivity contribution is -0.123. The Labute approximate surface area is 111 Å². The molecule has 18 heavy (non-hydrogen) atoms. The van der Waals surface area contributed by atoms with Gasteiger partial charge >= 0.3 is 0 Å². The largest absolute Gasteiger partial charge is 0.378 e. The van der Waals surface area contributed by atoms with E-state index in [9.17, 15) is 9.90 Å². The van der Waals surface area contributed by atoms with Crippen molar-refractivity contribution in [3.05, 3.63) is 22.7 Å². The molecule has 2 aliphatic rings. The maximum Gasteiger partial charge on any atom is 0.257 e. The van der Waals surface area contributed by atoms with E-state index in [1.165, 1.54) is 0 Å². The van der Waals surface area contributed by atoms with Crippen molar-refractivity contribution in [1.82, 2.24) is 0 Å². The van der Waals surface area contributed by atoms with Gasteiger partial charge in [0.25, 0.3) is 5.91 Å². The number of carbonyl (C=O) groups excluding carboxylic acids is 1. The van der Waals surface area contributed by atoms with Gasteiger partial charge in [-0.25, -0.2) is 0 Å². The van der Waals surface area contributed by atoms with Crippen LogP contribution < -0.4 is 10.2 Å². The summed E-state index contributed by atoms with van der Waals surface area (Å²) in [7, 11) is 0. The molecule has 2 heterocycles. The van der Waals surface area contributed by atoms with Crippen molar-refractivity contribution in [3.63, 3.8) is 0 Å². The molecular formula is C13H15ClN2O2. The molecule has 2 atom stereocenters. The predicted molar refractivity (Wildman–Crippen MR) is 71.1 cm³/mol. The predicted octanol–water partition coefficient (Wildman–Crippen LogP) is 2.31. The minimum absolute atomic E-state index is 0.382. The highest BCUT2D eigenvalue weighted by Crippen LogP contribution is 2.40. The van der Waals surface area contributed by atoms with Gasteiger partial charge in [-0.3, -0.25) is 4.79 Å². The zero-order valence-electron chi connectivity index (χ0n) is 10.1. The van der Waals surface area contributed by atoms with E-state index in [-0.39, 0.29) is 5.91 Å². The molecule has 1 aromatic carbocycles. The van der Waals surface area contributed by atoms with E-state index in [4.69, 9.17) is 11.6 Å². The Bertz CT molecular complexity index is 518. The third kappa shape index (κ3) is 1.68. The smallest absolute Gasteiger partial charge is 0.257 e. The molecule has 1 fully saturated rings. The molecule has 0 bridgehead atoms. The summed E-state index contributed by atoms with van der Waals surface area (Å²) in [4.78, 5) is 13.7. The second kappa shape index (κ2) is 4.14. The molecule has 0 spiro atoms. The number of rotatable bonds is 1. The van der Waals surface area contributed by atoms with Crippen molar-refractivity contribution in [3.8, 4) is 0 Å². The minimum Gasteiger partial charge on any atom is -0.378 e. The Kier molecular flexibility index (Phi) is 2.72. The fourth-order valence-electron chi connectivity index (χ4n) is 2.77. The van der Waals surface area contributed by atoms with E-state index in [0.29, 0.717) is 22.3 Å². The molecule has 0 saturated carbocycles. The first kappa shape index (κ1) is 11.8. The molecule has 0 aliphatic carbocycles. The Morgan fingerprint density at radius 3 is 2.94 bits per heavy atom. The molecule has 0 radical (unpaired) electrons. The molecule has 2 aliphatic heterocycles. The number of amides is 1. The fraction of sp³-hybridized carbons (Fsp3) is 0.462. The number of benzene rings is 1. The summed E-state index contributed by atoms with van der Waals surface area (Å²) in [5.41, 5.74) is 2.18. The van der Waals surface area contributed by atoms with Crippen LogP contribution >= 0.6 is 11.6 Å². The first-order chi connectivity index (χ1) is 8.58. The highest BCUT2D eigenvalue weighted by Gasteiger charge is 2.31. The van der Waals surface area contributed by atoms with Gasteiger partial charge < -0.3 is 15.3 Å². The van der Waals surface area contributed by atoms with Crippen LogP contribution in [0, 0.1) is 0 Å². The molecule has 1 aromatic rings. The summed E-state index contributed by atoms with van der Waals surface area (Å²) >= 11 is 6.27. The second-order valence-corrected chi connectivity index (χ2v) is 5.37. The monoisotopic (exact) mass is 266 g/mol. The van der Waals surface area contributed by atoms with Crippen molar-refractivity contribution in [2.24, 2.45) is 0 Å². The van der Waals surface area contributed by atoms with Gasteiger partial charge in [0.15, 0.2) is 6.10 Å². The zero-order valence-corrected chi connectivity index (χ0v) is 10.9. The Hall–Kier alpha value is -1.26. The summed E-state index contributed by atoms with van der Waals surface area (Å²) in [5, 5.41) is 13.0. The third-order valence-corrected chi connectivity index (χ3v) is 4.08. The highest BCUT2D eigenvalue weighted by atomic mass is 35.5. The van der Waals surface area contributed by atoms with E-state index < -0.39 is 6.10 Å². The first-order valence-electron chi connectivity index (χ1n) is 6.17. The van der Waals surface area contributed by atoms with Crippen molar-refractivity contribution < 1.29 is 9.90 Å². The number of hydrogen-bond acceptors (Lipinski definition) is 3. The standard InChI is InChI=1S/C13H15ClN2O2/c1-7-3-2-4-16(7)11-6-10-8(5-9(11)14)12(17)13(18)15-10/h5-7,12,17H,2-4H2,1H3,(H,15,18). The Morgan fingerprint density at radius 2 is 2.28 bits per heavy atom. The second-order valence-electron chi connectivity index (χ2n) is 4.97. The fourth-order valence-corrected chi connectivity index (χ4v) is 3.05.